The van der Waals surface area contributed by atoms with Crippen molar-refractivity contribution in [1.82, 2.24) is 5.32 Å². The Kier molecular flexibility index (Phi) is 7.40. The Morgan fingerprint density at radius 2 is 1.94 bits per heavy atom. The van der Waals surface area contributed by atoms with Gasteiger partial charge in [0.15, 0.2) is 0 Å². The molecule has 0 atom stereocenters. The maximum Gasteiger partial charge on any atom is 0.0111 e. The van der Waals surface area contributed by atoms with Gasteiger partial charge in [0.05, 0.1) is 0 Å². The van der Waals surface area contributed by atoms with Crippen LogP contribution in [0.1, 0.15) is 52.9 Å². The van der Waals surface area contributed by atoms with Crippen LogP contribution in [0.3, 0.4) is 0 Å². The van der Waals surface area contributed by atoms with Crippen molar-refractivity contribution < 1.29 is 0 Å². The third-order valence-corrected chi connectivity index (χ3v) is 5.62. The Balaban J connectivity index is 2.13. The second-order valence-electron chi connectivity index (χ2n) is 6.21. The topological polar surface area (TPSA) is 12.0 Å². The molecule has 1 rings (SSSR count). The summed E-state index contributed by atoms with van der Waals surface area (Å²) >= 11 is 1.97. The maximum atomic E-state index is 3.75. The molecule has 1 saturated carbocycles. The van der Waals surface area contributed by atoms with E-state index in [2.05, 4.69) is 32.7 Å². The van der Waals surface area contributed by atoms with Gasteiger partial charge >= 0.3 is 0 Å². The lowest BCUT2D eigenvalue weighted by atomic mass is 9.69. The molecule has 18 heavy (non-hydrogen) atoms. The van der Waals surface area contributed by atoms with Crippen molar-refractivity contribution in [2.45, 2.75) is 58.9 Å². The van der Waals surface area contributed by atoms with E-state index in [0.29, 0.717) is 5.41 Å². The van der Waals surface area contributed by atoms with E-state index in [0.717, 1.165) is 24.3 Å². The minimum absolute atomic E-state index is 0.546. The predicted molar refractivity (Wildman–Crippen MR) is 85.3 cm³/mol. The van der Waals surface area contributed by atoms with Gasteiger partial charge in [0.1, 0.15) is 0 Å². The molecule has 0 amide bonds. The Labute approximate surface area is 118 Å². The SMILES string of the molecule is C=CCSCCNC1CCC(C(C)(C)CC)CC1. The zero-order valence-corrected chi connectivity index (χ0v) is 13.3. The summed E-state index contributed by atoms with van der Waals surface area (Å²) in [5, 5.41) is 3.72. The molecule has 0 bridgehead atoms. The van der Waals surface area contributed by atoms with E-state index < -0.39 is 0 Å². The maximum absolute atomic E-state index is 3.75. The molecule has 1 aliphatic rings. The first-order valence-electron chi connectivity index (χ1n) is 7.52. The van der Waals surface area contributed by atoms with Crippen LogP contribution in [0.2, 0.25) is 0 Å². The van der Waals surface area contributed by atoms with E-state index in [1.807, 2.05) is 17.8 Å². The second-order valence-corrected chi connectivity index (χ2v) is 7.36. The highest BCUT2D eigenvalue weighted by Crippen LogP contribution is 2.40. The average Bonchev–Trinajstić information content (AvgIpc) is 2.39. The zero-order chi connectivity index (χ0) is 13.4. The fourth-order valence-electron chi connectivity index (χ4n) is 2.87. The number of thioether (sulfide) groups is 1. The van der Waals surface area contributed by atoms with Gasteiger partial charge in [0.25, 0.3) is 0 Å². The highest BCUT2D eigenvalue weighted by Gasteiger charge is 2.31. The van der Waals surface area contributed by atoms with Gasteiger partial charge in [-0.1, -0.05) is 33.3 Å². The first-order valence-corrected chi connectivity index (χ1v) is 8.67. The minimum Gasteiger partial charge on any atom is -0.313 e. The van der Waals surface area contributed by atoms with Crippen LogP contribution in [-0.2, 0) is 0 Å². The van der Waals surface area contributed by atoms with Crippen molar-refractivity contribution in [3.8, 4) is 0 Å². The lowest BCUT2D eigenvalue weighted by Gasteiger charge is -2.39. The quantitative estimate of drug-likeness (QED) is 0.515. The molecule has 2 heteroatoms. The van der Waals surface area contributed by atoms with Crippen molar-refractivity contribution in [3.63, 3.8) is 0 Å². The Bertz CT molecular complexity index is 229. The summed E-state index contributed by atoms with van der Waals surface area (Å²) in [5.74, 6) is 3.24. The molecule has 1 nitrogen and oxygen atoms in total. The van der Waals surface area contributed by atoms with E-state index in [1.165, 1.54) is 37.9 Å². The normalized spacial score (nSPS) is 25.1. The molecule has 106 valence electrons. The molecule has 0 radical (unpaired) electrons. The molecule has 0 spiro atoms. The van der Waals surface area contributed by atoms with E-state index in [4.69, 9.17) is 0 Å². The molecule has 1 N–H and O–H groups in total. The fraction of sp³-hybridized carbons (Fsp3) is 0.875. The predicted octanol–water partition coefficient (Wildman–Crippen LogP) is 4.49. The number of nitrogens with one attached hydrogen (secondary N) is 1. The van der Waals surface area contributed by atoms with Gasteiger partial charge in [-0.05, 0) is 37.0 Å². The highest BCUT2D eigenvalue weighted by molar-refractivity contribution is 7.99. The average molecular weight is 269 g/mol. The minimum atomic E-state index is 0.546. The van der Waals surface area contributed by atoms with Gasteiger partial charge in [-0.15, -0.1) is 6.58 Å². The highest BCUT2D eigenvalue weighted by atomic mass is 32.2. The molecule has 0 saturated heterocycles. The Morgan fingerprint density at radius 3 is 2.50 bits per heavy atom. The third-order valence-electron chi connectivity index (χ3n) is 4.66. The van der Waals surface area contributed by atoms with E-state index in [1.54, 1.807) is 0 Å². The summed E-state index contributed by atoms with van der Waals surface area (Å²) in [6.45, 7) is 12.1. The summed E-state index contributed by atoms with van der Waals surface area (Å²) in [7, 11) is 0. The van der Waals surface area contributed by atoms with Crippen molar-refractivity contribution in [1.29, 1.82) is 0 Å². The Morgan fingerprint density at radius 1 is 1.28 bits per heavy atom. The van der Waals surface area contributed by atoms with Crippen molar-refractivity contribution in [3.05, 3.63) is 12.7 Å². The standard InChI is InChI=1S/C16H31NS/c1-5-12-18-13-11-17-15-9-7-14(8-10-15)16(3,4)6-2/h5,14-15,17H,1,6-13H2,2-4H3. The summed E-state index contributed by atoms with van der Waals surface area (Å²) in [4.78, 5) is 0. The largest absolute Gasteiger partial charge is 0.313 e. The third kappa shape index (κ3) is 5.36. The molecule has 0 aromatic heterocycles. The van der Waals surface area contributed by atoms with Gasteiger partial charge in [-0.2, -0.15) is 11.8 Å². The second kappa shape index (κ2) is 8.27. The van der Waals surface area contributed by atoms with E-state index in [9.17, 15) is 0 Å². The van der Waals surface area contributed by atoms with Crippen LogP contribution in [0, 0.1) is 11.3 Å². The number of rotatable bonds is 8. The zero-order valence-electron chi connectivity index (χ0n) is 12.5. The van der Waals surface area contributed by atoms with Crippen LogP contribution in [0.5, 0.6) is 0 Å². The van der Waals surface area contributed by atoms with Crippen LogP contribution in [0.15, 0.2) is 12.7 Å². The summed E-state index contributed by atoms with van der Waals surface area (Å²) in [6, 6.07) is 0.776. The molecule has 0 unspecified atom stereocenters. The molecule has 1 fully saturated rings. The first-order chi connectivity index (χ1) is 8.60. The molecular weight excluding hydrogens is 238 g/mol. The molecule has 0 heterocycles. The summed E-state index contributed by atoms with van der Waals surface area (Å²) in [6.07, 6.45) is 8.88. The molecule has 1 aliphatic carbocycles. The molecule has 0 aromatic rings. The van der Waals surface area contributed by atoms with Gasteiger partial charge in [0, 0.05) is 24.1 Å². The molecule has 0 aliphatic heterocycles. The molecular formula is C16H31NS. The van der Waals surface area contributed by atoms with Crippen LogP contribution in [-0.4, -0.2) is 24.1 Å². The first kappa shape index (κ1) is 16.1. The molecule has 0 aromatic carbocycles. The monoisotopic (exact) mass is 269 g/mol. The smallest absolute Gasteiger partial charge is 0.0111 e. The summed E-state index contributed by atoms with van der Waals surface area (Å²) < 4.78 is 0. The van der Waals surface area contributed by atoms with E-state index >= 15 is 0 Å². The fourth-order valence-corrected chi connectivity index (χ4v) is 3.47. The van der Waals surface area contributed by atoms with Crippen LogP contribution >= 0.6 is 11.8 Å². The van der Waals surface area contributed by atoms with Gasteiger partial charge in [0.2, 0.25) is 0 Å². The van der Waals surface area contributed by atoms with Crippen LogP contribution in [0.4, 0.5) is 0 Å². The lowest BCUT2D eigenvalue weighted by Crippen LogP contribution is -2.37. The van der Waals surface area contributed by atoms with E-state index in [-0.39, 0.29) is 0 Å². The van der Waals surface area contributed by atoms with Crippen molar-refractivity contribution in [2.24, 2.45) is 11.3 Å². The number of hydrogen-bond acceptors (Lipinski definition) is 2. The summed E-state index contributed by atoms with van der Waals surface area (Å²) in [5.41, 5.74) is 0.546. The van der Waals surface area contributed by atoms with Crippen LogP contribution in [0.25, 0.3) is 0 Å². The lowest BCUT2D eigenvalue weighted by molar-refractivity contribution is 0.137. The van der Waals surface area contributed by atoms with Crippen LogP contribution < -0.4 is 5.32 Å². The van der Waals surface area contributed by atoms with Gasteiger partial charge < -0.3 is 5.32 Å². The number of hydrogen-bond donors (Lipinski definition) is 1. The van der Waals surface area contributed by atoms with Gasteiger partial charge in [-0.3, -0.25) is 0 Å². The van der Waals surface area contributed by atoms with Gasteiger partial charge in [-0.25, -0.2) is 0 Å². The Hall–Kier alpha value is 0.0500. The van der Waals surface area contributed by atoms with Crippen molar-refractivity contribution >= 4 is 11.8 Å². The van der Waals surface area contributed by atoms with Crippen molar-refractivity contribution in [2.75, 3.05) is 18.1 Å².